The Balaban J connectivity index is 1.97. The van der Waals surface area contributed by atoms with E-state index in [0.29, 0.717) is 13.0 Å². The summed E-state index contributed by atoms with van der Waals surface area (Å²) in [5.74, 6) is -0.538. The van der Waals surface area contributed by atoms with E-state index in [1.54, 1.807) is 4.90 Å². The van der Waals surface area contributed by atoms with Crippen molar-refractivity contribution in [2.45, 2.75) is 37.8 Å². The second kappa shape index (κ2) is 4.73. The first kappa shape index (κ1) is 11.9. The third kappa shape index (κ3) is 2.25. The Kier molecular flexibility index (Phi) is 3.31. The van der Waals surface area contributed by atoms with Gasteiger partial charge in [-0.25, -0.2) is 0 Å². The fourth-order valence-corrected chi connectivity index (χ4v) is 2.39. The van der Waals surface area contributed by atoms with Crippen molar-refractivity contribution in [1.82, 2.24) is 10.2 Å². The van der Waals surface area contributed by atoms with Gasteiger partial charge in [-0.3, -0.25) is 14.4 Å². The second-order valence-electron chi connectivity index (χ2n) is 4.37. The molecule has 2 heterocycles. The summed E-state index contributed by atoms with van der Waals surface area (Å²) in [6, 6.07) is -0.868. The van der Waals surface area contributed by atoms with Gasteiger partial charge < -0.3 is 15.0 Å². The minimum atomic E-state index is -0.573. The lowest BCUT2D eigenvalue weighted by molar-refractivity contribution is -0.148. The molecule has 0 aromatic rings. The van der Waals surface area contributed by atoms with Crippen molar-refractivity contribution in [2.75, 3.05) is 13.7 Å². The number of carbonyl (C=O) groups excluding carboxylic acids is 3. The van der Waals surface area contributed by atoms with Crippen molar-refractivity contribution in [2.24, 2.45) is 0 Å². The van der Waals surface area contributed by atoms with Crippen LogP contribution < -0.4 is 5.32 Å². The van der Waals surface area contributed by atoms with Crippen LogP contribution in [0.5, 0.6) is 0 Å². The summed E-state index contributed by atoms with van der Waals surface area (Å²) in [5.41, 5.74) is 0. The summed E-state index contributed by atoms with van der Waals surface area (Å²) < 4.78 is 4.51. The quantitative estimate of drug-likeness (QED) is 0.670. The molecule has 6 nitrogen and oxygen atoms in total. The van der Waals surface area contributed by atoms with Crippen LogP contribution in [0.4, 0.5) is 0 Å². The van der Waals surface area contributed by atoms with E-state index in [9.17, 15) is 14.4 Å². The van der Waals surface area contributed by atoms with Crippen LogP contribution in [0, 0.1) is 0 Å². The number of nitrogens with one attached hydrogen (secondary N) is 1. The van der Waals surface area contributed by atoms with E-state index >= 15 is 0 Å². The predicted molar refractivity (Wildman–Crippen MR) is 57.9 cm³/mol. The first-order chi connectivity index (χ1) is 8.13. The number of hydrogen-bond acceptors (Lipinski definition) is 4. The van der Waals surface area contributed by atoms with E-state index in [1.165, 1.54) is 7.11 Å². The maximum atomic E-state index is 12.0. The highest BCUT2D eigenvalue weighted by atomic mass is 16.5. The molecule has 17 heavy (non-hydrogen) atoms. The number of piperazine rings is 1. The minimum Gasteiger partial charge on any atom is -0.469 e. The molecule has 0 unspecified atom stereocenters. The largest absolute Gasteiger partial charge is 0.469 e. The fraction of sp³-hybridized carbons (Fsp3) is 0.727. The molecule has 0 saturated carbocycles. The fourth-order valence-electron chi connectivity index (χ4n) is 2.39. The number of ether oxygens (including phenoxy) is 1. The van der Waals surface area contributed by atoms with Crippen molar-refractivity contribution in [3.8, 4) is 0 Å². The molecule has 94 valence electrons. The van der Waals surface area contributed by atoms with E-state index in [4.69, 9.17) is 0 Å². The van der Waals surface area contributed by atoms with Gasteiger partial charge in [-0.05, 0) is 19.3 Å². The van der Waals surface area contributed by atoms with Crippen LogP contribution >= 0.6 is 0 Å². The predicted octanol–water partition coefficient (Wildman–Crippen LogP) is -0.571. The summed E-state index contributed by atoms with van der Waals surface area (Å²) in [6.07, 6.45) is 2.06. The van der Waals surface area contributed by atoms with Crippen molar-refractivity contribution in [3.63, 3.8) is 0 Å². The smallest absolute Gasteiger partial charge is 0.305 e. The molecular weight excluding hydrogens is 224 g/mol. The third-order valence-corrected chi connectivity index (χ3v) is 3.32. The average molecular weight is 240 g/mol. The van der Waals surface area contributed by atoms with Gasteiger partial charge in [-0.15, -0.1) is 0 Å². The lowest BCUT2D eigenvalue weighted by Crippen LogP contribution is -2.61. The summed E-state index contributed by atoms with van der Waals surface area (Å²) in [6.45, 7) is 0.644. The summed E-state index contributed by atoms with van der Waals surface area (Å²) in [4.78, 5) is 36.4. The number of esters is 1. The van der Waals surface area contributed by atoms with Gasteiger partial charge in [-0.2, -0.15) is 0 Å². The Labute approximate surface area is 99.3 Å². The Morgan fingerprint density at radius 3 is 3.00 bits per heavy atom. The zero-order valence-corrected chi connectivity index (χ0v) is 9.77. The summed E-state index contributed by atoms with van der Waals surface area (Å²) in [5, 5.41) is 2.68. The Morgan fingerprint density at radius 1 is 1.53 bits per heavy atom. The second-order valence-corrected chi connectivity index (χ2v) is 4.37. The molecule has 2 fully saturated rings. The van der Waals surface area contributed by atoms with Gasteiger partial charge in [0.25, 0.3) is 0 Å². The minimum absolute atomic E-state index is 0.0731. The Bertz CT molecular complexity index is 355. The van der Waals surface area contributed by atoms with Crippen LogP contribution in [-0.2, 0) is 19.1 Å². The standard InChI is InChI=1S/C11H16N2O4/c1-17-9(14)5-4-7-11(16)13-6-2-3-8(13)10(15)12-7/h7-8H,2-6H2,1H3,(H,12,15)/t7-,8-/m0/s1. The third-order valence-electron chi connectivity index (χ3n) is 3.32. The van der Waals surface area contributed by atoms with Crippen molar-refractivity contribution >= 4 is 17.8 Å². The molecule has 2 aliphatic rings. The van der Waals surface area contributed by atoms with E-state index in [2.05, 4.69) is 10.1 Å². The number of rotatable bonds is 3. The number of amides is 2. The van der Waals surface area contributed by atoms with Gasteiger partial charge in [0.15, 0.2) is 0 Å². The first-order valence-corrected chi connectivity index (χ1v) is 5.81. The van der Waals surface area contributed by atoms with Crippen LogP contribution in [0.3, 0.4) is 0 Å². The molecule has 0 aliphatic carbocycles. The number of fused-ring (bicyclic) bond motifs is 1. The normalized spacial score (nSPS) is 27.7. The highest BCUT2D eigenvalue weighted by Gasteiger charge is 2.42. The van der Waals surface area contributed by atoms with Crippen molar-refractivity contribution in [1.29, 1.82) is 0 Å². The maximum Gasteiger partial charge on any atom is 0.305 e. The summed E-state index contributed by atoms with van der Waals surface area (Å²) >= 11 is 0. The monoisotopic (exact) mass is 240 g/mol. The van der Waals surface area contributed by atoms with Gasteiger partial charge >= 0.3 is 5.97 Å². The van der Waals surface area contributed by atoms with Gasteiger partial charge in [0, 0.05) is 13.0 Å². The zero-order valence-electron chi connectivity index (χ0n) is 9.77. The molecular formula is C11H16N2O4. The van der Waals surface area contributed by atoms with Crippen molar-refractivity contribution in [3.05, 3.63) is 0 Å². The van der Waals surface area contributed by atoms with E-state index in [1.807, 2.05) is 0 Å². The molecule has 0 radical (unpaired) electrons. The molecule has 0 bridgehead atoms. The SMILES string of the molecule is COC(=O)CC[C@@H]1NC(=O)[C@@H]2CCCN2C1=O. The number of hydrogen-bond donors (Lipinski definition) is 1. The molecule has 2 saturated heterocycles. The molecule has 2 amide bonds. The molecule has 6 heteroatoms. The van der Waals surface area contributed by atoms with Gasteiger partial charge in [0.2, 0.25) is 11.8 Å². The number of carbonyl (C=O) groups is 3. The highest BCUT2D eigenvalue weighted by molar-refractivity contribution is 5.97. The molecule has 0 spiro atoms. The first-order valence-electron chi connectivity index (χ1n) is 5.81. The van der Waals surface area contributed by atoms with Gasteiger partial charge in [-0.1, -0.05) is 0 Å². The van der Waals surface area contributed by atoms with Crippen LogP contribution in [0.2, 0.25) is 0 Å². The molecule has 2 atom stereocenters. The topological polar surface area (TPSA) is 75.7 Å². The number of nitrogens with zero attached hydrogens (tertiary/aromatic N) is 1. The zero-order chi connectivity index (χ0) is 12.4. The Hall–Kier alpha value is -1.59. The van der Waals surface area contributed by atoms with E-state index in [0.717, 1.165) is 12.8 Å². The van der Waals surface area contributed by atoms with Gasteiger partial charge in [0.05, 0.1) is 7.11 Å². The highest BCUT2D eigenvalue weighted by Crippen LogP contribution is 2.23. The van der Waals surface area contributed by atoms with Crippen LogP contribution in [0.1, 0.15) is 25.7 Å². The van der Waals surface area contributed by atoms with Gasteiger partial charge in [0.1, 0.15) is 12.1 Å². The van der Waals surface area contributed by atoms with Crippen LogP contribution in [0.25, 0.3) is 0 Å². The number of methoxy groups -OCH3 is 1. The Morgan fingerprint density at radius 2 is 2.29 bits per heavy atom. The van der Waals surface area contributed by atoms with Crippen LogP contribution in [-0.4, -0.2) is 48.4 Å². The lowest BCUT2D eigenvalue weighted by atomic mass is 10.0. The molecule has 2 aliphatic heterocycles. The maximum absolute atomic E-state index is 12.0. The van der Waals surface area contributed by atoms with E-state index < -0.39 is 6.04 Å². The van der Waals surface area contributed by atoms with E-state index in [-0.39, 0.29) is 30.2 Å². The average Bonchev–Trinajstić information content (AvgIpc) is 2.81. The lowest BCUT2D eigenvalue weighted by Gasteiger charge is -2.34. The summed E-state index contributed by atoms with van der Waals surface area (Å²) in [7, 11) is 1.31. The van der Waals surface area contributed by atoms with Crippen molar-refractivity contribution < 1.29 is 19.1 Å². The molecule has 2 rings (SSSR count). The molecule has 1 N–H and O–H groups in total. The molecule has 0 aromatic heterocycles. The van der Waals surface area contributed by atoms with Crippen LogP contribution in [0.15, 0.2) is 0 Å². The molecule has 0 aromatic carbocycles.